The van der Waals surface area contributed by atoms with Crippen molar-refractivity contribution >= 4 is 23.6 Å². The van der Waals surface area contributed by atoms with Crippen molar-refractivity contribution in [2.45, 2.75) is 72.4 Å². The molecule has 148 valence electrons. The SMILES string of the molecule is CCC(C)(C)C(=O)C(=O)[N+]1(N[C@@H](CC(C)C)C(=O)O)CCC[C@H]1C(=O)O. The number of hydrogen-bond acceptors (Lipinski definition) is 5. The van der Waals surface area contributed by atoms with E-state index in [0.29, 0.717) is 12.8 Å². The van der Waals surface area contributed by atoms with E-state index in [9.17, 15) is 29.4 Å². The lowest BCUT2D eigenvalue weighted by atomic mass is 9.84. The van der Waals surface area contributed by atoms with E-state index in [1.165, 1.54) is 0 Å². The van der Waals surface area contributed by atoms with Crippen molar-refractivity contribution in [3.8, 4) is 0 Å². The highest BCUT2D eigenvalue weighted by atomic mass is 16.4. The lowest BCUT2D eigenvalue weighted by Crippen LogP contribution is -2.72. The Kier molecular flexibility index (Phi) is 7.07. The average Bonchev–Trinajstić information content (AvgIpc) is 2.97. The molecule has 1 rings (SSSR count). The number of carboxylic acids is 2. The molecule has 0 saturated carbocycles. The Morgan fingerprint density at radius 1 is 1.19 bits per heavy atom. The zero-order valence-corrected chi connectivity index (χ0v) is 16.2. The van der Waals surface area contributed by atoms with Crippen molar-refractivity contribution in [1.29, 1.82) is 0 Å². The second kappa shape index (κ2) is 8.26. The van der Waals surface area contributed by atoms with Gasteiger partial charge in [0, 0.05) is 18.3 Å². The normalized spacial score (nSPS) is 24.5. The van der Waals surface area contributed by atoms with E-state index in [2.05, 4.69) is 5.43 Å². The molecule has 1 heterocycles. The minimum absolute atomic E-state index is 0.0208. The van der Waals surface area contributed by atoms with Crippen LogP contribution in [0.4, 0.5) is 0 Å². The molecular formula is C18H31N2O6+. The maximum absolute atomic E-state index is 13.1. The summed E-state index contributed by atoms with van der Waals surface area (Å²) in [5.41, 5.74) is 1.82. The molecule has 1 fully saturated rings. The summed E-state index contributed by atoms with van der Waals surface area (Å²) < 4.78 is -0.818. The lowest BCUT2D eigenvalue weighted by molar-refractivity contribution is -0.901. The number of likely N-dealkylation sites (tertiary alicyclic amines) is 1. The summed E-state index contributed by atoms with van der Waals surface area (Å²) in [7, 11) is 0. The molecule has 0 spiro atoms. The Bertz CT molecular complexity index is 586. The fraction of sp³-hybridized carbons (Fsp3) is 0.778. The van der Waals surface area contributed by atoms with Crippen LogP contribution >= 0.6 is 0 Å². The van der Waals surface area contributed by atoms with Crippen LogP contribution in [-0.2, 0) is 19.2 Å². The Morgan fingerprint density at radius 2 is 1.77 bits per heavy atom. The molecule has 1 aliphatic rings. The summed E-state index contributed by atoms with van der Waals surface area (Å²) in [5.74, 6) is -3.89. The van der Waals surface area contributed by atoms with E-state index in [0.717, 1.165) is 0 Å². The van der Waals surface area contributed by atoms with Crippen molar-refractivity contribution in [2.75, 3.05) is 6.54 Å². The van der Waals surface area contributed by atoms with Crippen LogP contribution in [-0.4, -0.2) is 57.1 Å². The van der Waals surface area contributed by atoms with Crippen molar-refractivity contribution in [3.63, 3.8) is 0 Å². The smallest absolute Gasteiger partial charge is 0.402 e. The van der Waals surface area contributed by atoms with Gasteiger partial charge in [-0.15, -0.1) is 5.43 Å². The number of hydrogen-bond donors (Lipinski definition) is 3. The number of amides is 1. The van der Waals surface area contributed by atoms with Gasteiger partial charge in [0.1, 0.15) is 6.54 Å². The molecule has 8 heteroatoms. The largest absolute Gasteiger partial charge is 0.480 e. The van der Waals surface area contributed by atoms with Gasteiger partial charge < -0.3 is 10.2 Å². The molecular weight excluding hydrogens is 340 g/mol. The van der Waals surface area contributed by atoms with Crippen LogP contribution in [0, 0.1) is 11.3 Å². The molecule has 3 atom stereocenters. The van der Waals surface area contributed by atoms with Crippen LogP contribution in [0.5, 0.6) is 0 Å². The second-order valence-corrected chi connectivity index (χ2v) is 8.11. The van der Waals surface area contributed by atoms with E-state index < -0.39 is 45.7 Å². The molecule has 1 saturated heterocycles. The molecule has 8 nitrogen and oxygen atoms in total. The Balaban J connectivity index is 3.36. The van der Waals surface area contributed by atoms with Crippen LogP contribution in [0.2, 0.25) is 0 Å². The van der Waals surface area contributed by atoms with E-state index in [4.69, 9.17) is 0 Å². The maximum atomic E-state index is 13.1. The summed E-state index contributed by atoms with van der Waals surface area (Å²) in [6.07, 6.45) is 1.27. The molecule has 0 aromatic heterocycles. The van der Waals surface area contributed by atoms with Gasteiger partial charge in [-0.25, -0.2) is 9.59 Å². The number of carbonyl (C=O) groups is 4. The van der Waals surface area contributed by atoms with Gasteiger partial charge in [-0.1, -0.05) is 34.6 Å². The van der Waals surface area contributed by atoms with Gasteiger partial charge in [0.2, 0.25) is 6.04 Å². The van der Waals surface area contributed by atoms with Gasteiger partial charge in [0.05, 0.1) is 0 Å². The lowest BCUT2D eigenvalue weighted by Gasteiger charge is -2.38. The Morgan fingerprint density at radius 3 is 2.19 bits per heavy atom. The highest BCUT2D eigenvalue weighted by Gasteiger charge is 2.58. The molecule has 1 unspecified atom stereocenters. The molecule has 26 heavy (non-hydrogen) atoms. The summed E-state index contributed by atoms with van der Waals surface area (Å²) in [5, 5.41) is 19.1. The van der Waals surface area contributed by atoms with Crippen molar-refractivity contribution in [2.24, 2.45) is 11.3 Å². The first-order valence-corrected chi connectivity index (χ1v) is 9.09. The van der Waals surface area contributed by atoms with Crippen LogP contribution in [0.15, 0.2) is 0 Å². The molecule has 0 aromatic carbocycles. The van der Waals surface area contributed by atoms with E-state index in [-0.39, 0.29) is 25.3 Å². The number of rotatable bonds is 9. The first-order valence-electron chi connectivity index (χ1n) is 9.09. The number of Topliss-reactive ketones (excluding diaryl/α,β-unsaturated/α-hetero) is 1. The molecule has 1 amide bonds. The fourth-order valence-corrected chi connectivity index (χ4v) is 3.27. The summed E-state index contributed by atoms with van der Waals surface area (Å²) in [4.78, 5) is 49.4. The number of carbonyl (C=O) groups excluding carboxylic acids is 2. The van der Waals surface area contributed by atoms with Crippen LogP contribution in [0.3, 0.4) is 0 Å². The molecule has 0 aliphatic carbocycles. The van der Waals surface area contributed by atoms with Crippen molar-refractivity contribution in [3.05, 3.63) is 0 Å². The zero-order valence-electron chi connectivity index (χ0n) is 16.2. The topological polar surface area (TPSA) is 121 Å². The third kappa shape index (κ3) is 4.48. The van der Waals surface area contributed by atoms with Gasteiger partial charge in [-0.05, 0) is 18.8 Å². The average molecular weight is 371 g/mol. The summed E-state index contributed by atoms with van der Waals surface area (Å²) in [6.45, 7) is 8.82. The first kappa shape index (κ1) is 22.2. The Hall–Kier alpha value is -1.80. The standard InChI is InChI=1S/C18H30N2O6/c1-6-18(4,5)14(21)15(22)20(9-7-8-13(20)17(25)26)19-12(16(23)24)10-11(2)3/h11-13,19H,6-10H2,1-5H3,(H-,23,24,25,26)/p+1/t12-,13-,20?/m0/s1. The van der Waals surface area contributed by atoms with Crippen molar-refractivity contribution in [1.82, 2.24) is 5.43 Å². The van der Waals surface area contributed by atoms with Gasteiger partial charge in [0.15, 0.2) is 6.04 Å². The van der Waals surface area contributed by atoms with Crippen LogP contribution < -0.4 is 5.43 Å². The predicted octanol–water partition coefficient (Wildman–Crippen LogP) is 1.59. The second-order valence-electron chi connectivity index (χ2n) is 8.11. The number of nitrogens with one attached hydrogen (secondary N) is 1. The van der Waals surface area contributed by atoms with E-state index in [1.807, 2.05) is 13.8 Å². The third-order valence-corrected chi connectivity index (χ3v) is 5.25. The van der Waals surface area contributed by atoms with Gasteiger partial charge in [-0.2, -0.15) is 4.59 Å². The monoisotopic (exact) mass is 371 g/mol. The minimum Gasteiger partial charge on any atom is -0.480 e. The highest BCUT2D eigenvalue weighted by molar-refractivity contribution is 6.35. The van der Waals surface area contributed by atoms with Gasteiger partial charge in [-0.3, -0.25) is 9.59 Å². The number of quaternary nitrogens is 1. The Labute approximate surface area is 154 Å². The van der Waals surface area contributed by atoms with E-state index >= 15 is 0 Å². The predicted molar refractivity (Wildman–Crippen MR) is 93.9 cm³/mol. The molecule has 3 N–H and O–H groups in total. The van der Waals surface area contributed by atoms with E-state index in [1.54, 1.807) is 20.8 Å². The van der Waals surface area contributed by atoms with Crippen LogP contribution in [0.25, 0.3) is 0 Å². The maximum Gasteiger partial charge on any atom is 0.402 e. The van der Waals surface area contributed by atoms with Gasteiger partial charge in [0.25, 0.3) is 5.78 Å². The highest BCUT2D eigenvalue weighted by Crippen LogP contribution is 2.31. The zero-order chi connectivity index (χ0) is 20.3. The summed E-state index contributed by atoms with van der Waals surface area (Å²) >= 11 is 0. The molecule has 0 radical (unpaired) electrons. The van der Waals surface area contributed by atoms with Gasteiger partial charge >= 0.3 is 17.8 Å². The van der Waals surface area contributed by atoms with Crippen LogP contribution in [0.1, 0.15) is 60.3 Å². The number of carboxylic acid groups (broad SMARTS) is 2. The number of nitrogens with zero attached hydrogens (tertiary/aromatic N) is 1. The number of ketones is 1. The molecule has 1 aliphatic heterocycles. The third-order valence-electron chi connectivity index (χ3n) is 5.25. The van der Waals surface area contributed by atoms with Crippen molar-refractivity contribution < 1.29 is 34.0 Å². The molecule has 0 bridgehead atoms. The summed E-state index contributed by atoms with van der Waals surface area (Å²) in [6, 6.07) is -2.29. The minimum atomic E-state index is -1.21. The molecule has 0 aromatic rings. The first-order chi connectivity index (χ1) is 11.9. The quantitative estimate of drug-likeness (QED) is 0.416. The number of aliphatic carboxylic acids is 2. The fourth-order valence-electron chi connectivity index (χ4n) is 3.27.